The Bertz CT molecular complexity index is 893. The molecule has 3 rings (SSSR count). The molecule has 1 N–H and O–H groups in total. The molecule has 0 unspecified atom stereocenters. The number of aromatic nitrogens is 2. The molecule has 0 bridgehead atoms. The van der Waals surface area contributed by atoms with Gasteiger partial charge in [-0.3, -0.25) is 14.9 Å². The van der Waals surface area contributed by atoms with Crippen LogP contribution in [0.4, 0.5) is 19.1 Å². The summed E-state index contributed by atoms with van der Waals surface area (Å²) in [5.41, 5.74) is 0.465. The Labute approximate surface area is 160 Å². The molecule has 0 radical (unpaired) electrons. The summed E-state index contributed by atoms with van der Waals surface area (Å²) in [5, 5.41) is 2.36. The SMILES string of the molecule is C=C(F)c1ccc(C(=O)N(CC(=O)Nc2ncc(F)cn2)C[C@@H]2C[C@H]2F)cc1.[HH]. The normalized spacial score (nSPS) is 17.7. The lowest BCUT2D eigenvalue weighted by molar-refractivity contribution is -0.117. The first kappa shape index (κ1) is 19.5. The first-order chi connectivity index (χ1) is 13.3. The number of nitrogens with zero attached hydrogens (tertiary/aromatic N) is 3. The zero-order valence-electron chi connectivity index (χ0n) is 14.7. The van der Waals surface area contributed by atoms with Gasteiger partial charge in [0, 0.05) is 25.0 Å². The molecule has 2 aromatic rings. The molecule has 1 aliphatic carbocycles. The van der Waals surface area contributed by atoms with E-state index in [1.54, 1.807) is 0 Å². The quantitative estimate of drug-likeness (QED) is 0.785. The zero-order valence-corrected chi connectivity index (χ0v) is 14.7. The second-order valence-corrected chi connectivity index (χ2v) is 6.45. The Hall–Kier alpha value is -3.23. The zero-order chi connectivity index (χ0) is 20.3. The molecule has 1 aliphatic rings. The summed E-state index contributed by atoms with van der Waals surface area (Å²) in [6, 6.07) is 5.62. The van der Waals surface area contributed by atoms with Crippen LogP contribution < -0.4 is 5.32 Å². The van der Waals surface area contributed by atoms with Crippen LogP contribution in [-0.4, -0.2) is 45.9 Å². The summed E-state index contributed by atoms with van der Waals surface area (Å²) in [6.45, 7) is 2.89. The number of amides is 2. The van der Waals surface area contributed by atoms with Crippen LogP contribution in [0.15, 0.2) is 43.2 Å². The Morgan fingerprint density at radius 3 is 2.32 bits per heavy atom. The highest BCUT2D eigenvalue weighted by molar-refractivity contribution is 5.99. The Kier molecular flexibility index (Phi) is 5.72. The van der Waals surface area contributed by atoms with Crippen LogP contribution in [0.3, 0.4) is 0 Å². The number of carbonyl (C=O) groups excluding carboxylic acids is 2. The van der Waals surface area contributed by atoms with Crippen molar-refractivity contribution < 1.29 is 24.2 Å². The van der Waals surface area contributed by atoms with Crippen molar-refractivity contribution in [3.05, 3.63) is 60.2 Å². The lowest BCUT2D eigenvalue weighted by Gasteiger charge is -2.22. The van der Waals surface area contributed by atoms with Gasteiger partial charge in [0.15, 0.2) is 5.82 Å². The summed E-state index contributed by atoms with van der Waals surface area (Å²) < 4.78 is 39.3. The third-order valence-corrected chi connectivity index (χ3v) is 4.23. The maximum Gasteiger partial charge on any atom is 0.254 e. The van der Waals surface area contributed by atoms with Gasteiger partial charge in [0.25, 0.3) is 5.91 Å². The van der Waals surface area contributed by atoms with Gasteiger partial charge in [-0.2, -0.15) is 0 Å². The van der Waals surface area contributed by atoms with E-state index in [2.05, 4.69) is 21.9 Å². The minimum absolute atomic E-state index is 0. The van der Waals surface area contributed by atoms with Crippen LogP contribution in [0.1, 0.15) is 23.8 Å². The summed E-state index contributed by atoms with van der Waals surface area (Å²) in [5.74, 6) is -2.83. The van der Waals surface area contributed by atoms with E-state index >= 15 is 0 Å². The third kappa shape index (κ3) is 4.93. The van der Waals surface area contributed by atoms with E-state index in [-0.39, 0.29) is 37.5 Å². The first-order valence-corrected chi connectivity index (χ1v) is 8.49. The highest BCUT2D eigenvalue weighted by atomic mass is 19.1. The predicted molar refractivity (Wildman–Crippen MR) is 98.2 cm³/mol. The van der Waals surface area contributed by atoms with Crippen molar-refractivity contribution in [2.75, 3.05) is 18.4 Å². The van der Waals surface area contributed by atoms with Gasteiger partial charge < -0.3 is 4.90 Å². The number of hydrogen-bond acceptors (Lipinski definition) is 4. The number of anilines is 1. The van der Waals surface area contributed by atoms with Gasteiger partial charge in [-0.05, 0) is 18.6 Å². The van der Waals surface area contributed by atoms with Gasteiger partial charge >= 0.3 is 0 Å². The van der Waals surface area contributed by atoms with Crippen molar-refractivity contribution in [1.29, 1.82) is 0 Å². The summed E-state index contributed by atoms with van der Waals surface area (Å²) >= 11 is 0. The smallest absolute Gasteiger partial charge is 0.254 e. The second-order valence-electron chi connectivity index (χ2n) is 6.45. The van der Waals surface area contributed by atoms with E-state index in [1.165, 1.54) is 29.2 Å². The Morgan fingerprint density at radius 2 is 1.79 bits per heavy atom. The monoisotopic (exact) mass is 392 g/mol. The van der Waals surface area contributed by atoms with Crippen LogP contribution in [-0.2, 0) is 4.79 Å². The van der Waals surface area contributed by atoms with Gasteiger partial charge in [0.2, 0.25) is 11.9 Å². The highest BCUT2D eigenvalue weighted by Crippen LogP contribution is 2.34. The maximum atomic E-state index is 13.3. The minimum Gasteiger partial charge on any atom is -0.329 e. The molecule has 0 aliphatic heterocycles. The van der Waals surface area contributed by atoms with Crippen molar-refractivity contribution >= 4 is 23.6 Å². The van der Waals surface area contributed by atoms with Gasteiger partial charge in [-0.25, -0.2) is 23.1 Å². The number of nitrogens with one attached hydrogen (secondary N) is 1. The molecular formula is C19H19F3N4O2. The van der Waals surface area contributed by atoms with Gasteiger partial charge in [0.1, 0.15) is 18.5 Å². The molecule has 0 saturated heterocycles. The summed E-state index contributed by atoms with van der Waals surface area (Å²) in [4.78, 5) is 33.4. The summed E-state index contributed by atoms with van der Waals surface area (Å²) in [6.07, 6.45) is 1.11. The van der Waals surface area contributed by atoms with Gasteiger partial charge in [-0.15, -0.1) is 0 Å². The van der Waals surface area contributed by atoms with E-state index in [9.17, 15) is 22.8 Å². The molecule has 0 spiro atoms. The van der Waals surface area contributed by atoms with Crippen molar-refractivity contribution in [3.8, 4) is 0 Å². The molecular weight excluding hydrogens is 373 g/mol. The molecule has 28 heavy (non-hydrogen) atoms. The molecule has 6 nitrogen and oxygen atoms in total. The van der Waals surface area contributed by atoms with E-state index < -0.39 is 29.6 Å². The number of benzene rings is 1. The largest absolute Gasteiger partial charge is 0.329 e. The predicted octanol–water partition coefficient (Wildman–Crippen LogP) is 3.24. The van der Waals surface area contributed by atoms with Crippen LogP contribution in [0, 0.1) is 11.7 Å². The lowest BCUT2D eigenvalue weighted by atomic mass is 10.1. The van der Waals surface area contributed by atoms with Crippen LogP contribution in [0.5, 0.6) is 0 Å². The molecule has 2 atom stereocenters. The number of halogens is 3. The topological polar surface area (TPSA) is 75.2 Å². The molecule has 9 heteroatoms. The lowest BCUT2D eigenvalue weighted by Crippen LogP contribution is -2.39. The van der Waals surface area contributed by atoms with E-state index in [4.69, 9.17) is 0 Å². The second kappa shape index (κ2) is 8.20. The fraction of sp³-hybridized carbons (Fsp3) is 0.263. The number of rotatable bonds is 7. The average molecular weight is 392 g/mol. The van der Waals surface area contributed by atoms with E-state index in [0.29, 0.717) is 6.42 Å². The standard InChI is InChI=1S/C19H17F3N4O2.H2/c1-11(20)12-2-4-13(5-3-12)18(28)26(9-14-6-16(14)22)10-17(27)25-19-23-7-15(21)8-24-19;/h2-5,7-8,14,16H,1,6,9-10H2,(H,23,24,25,27);1H/t14-,16+;/m0./s1. The van der Waals surface area contributed by atoms with Crippen LogP contribution in [0.25, 0.3) is 5.83 Å². The molecule has 1 fully saturated rings. The fourth-order valence-electron chi connectivity index (χ4n) is 2.59. The average Bonchev–Trinajstić information content (AvgIpc) is 3.37. The fourth-order valence-corrected chi connectivity index (χ4v) is 2.59. The molecule has 1 heterocycles. The highest BCUT2D eigenvalue weighted by Gasteiger charge is 2.40. The van der Waals surface area contributed by atoms with Gasteiger partial charge in [0.05, 0.1) is 12.4 Å². The first-order valence-electron chi connectivity index (χ1n) is 8.49. The third-order valence-electron chi connectivity index (χ3n) is 4.23. The Balaban J connectivity index is 0.00000300. The van der Waals surface area contributed by atoms with E-state index in [0.717, 1.165) is 12.4 Å². The van der Waals surface area contributed by atoms with Crippen molar-refractivity contribution in [2.24, 2.45) is 5.92 Å². The maximum absolute atomic E-state index is 13.3. The molecule has 1 aromatic heterocycles. The number of carbonyl (C=O) groups is 2. The van der Waals surface area contributed by atoms with Gasteiger partial charge in [-0.1, -0.05) is 18.7 Å². The Morgan fingerprint density at radius 1 is 1.21 bits per heavy atom. The number of alkyl halides is 1. The number of hydrogen-bond donors (Lipinski definition) is 1. The molecule has 148 valence electrons. The van der Waals surface area contributed by atoms with Crippen molar-refractivity contribution in [2.45, 2.75) is 12.6 Å². The van der Waals surface area contributed by atoms with Crippen molar-refractivity contribution in [1.82, 2.24) is 14.9 Å². The van der Waals surface area contributed by atoms with Crippen LogP contribution in [0.2, 0.25) is 0 Å². The molecule has 1 aromatic carbocycles. The summed E-state index contributed by atoms with van der Waals surface area (Å²) in [7, 11) is 0. The van der Waals surface area contributed by atoms with E-state index in [1.807, 2.05) is 0 Å². The van der Waals surface area contributed by atoms with Crippen LogP contribution >= 0.6 is 0 Å². The van der Waals surface area contributed by atoms with Crippen molar-refractivity contribution in [3.63, 3.8) is 0 Å². The molecule has 2 amide bonds. The minimum atomic E-state index is -1.00. The molecule has 1 saturated carbocycles.